The van der Waals surface area contributed by atoms with Gasteiger partial charge in [-0.25, -0.2) is 8.42 Å². The molecule has 0 radical (unpaired) electrons. The second-order valence-corrected chi connectivity index (χ2v) is 10.9. The molecule has 2 aromatic carbocycles. The molecule has 1 amide bonds. The van der Waals surface area contributed by atoms with Crippen LogP contribution >= 0.6 is 0 Å². The van der Waals surface area contributed by atoms with Crippen LogP contribution in [0, 0.1) is 0 Å². The number of allylic oxidation sites excluding steroid dienone is 1. The third kappa shape index (κ3) is 7.10. The lowest BCUT2D eigenvalue weighted by molar-refractivity contribution is -0.149. The number of amides is 1. The van der Waals surface area contributed by atoms with Crippen LogP contribution in [-0.2, 0) is 30.5 Å². The zero-order valence-corrected chi connectivity index (χ0v) is 22.0. The van der Waals surface area contributed by atoms with E-state index >= 15 is 0 Å². The number of alkyl halides is 3. The molecule has 1 N–H and O–H groups in total. The van der Waals surface area contributed by atoms with Crippen LogP contribution in [0.5, 0.6) is 5.75 Å². The SMILES string of the molecule is COc1ccc(S(=O)(=O)N(CCO)CCO[C@@H]2C[C@H](c3ccc(C(F)(F)F)cc3)C=C(C(=O)N3CC3)O2)cc1. The molecule has 2 heterocycles. The number of sulfonamides is 1. The van der Waals surface area contributed by atoms with Gasteiger partial charge in [-0.05, 0) is 48.0 Å². The van der Waals surface area contributed by atoms with Gasteiger partial charge in [-0.3, -0.25) is 4.79 Å². The van der Waals surface area contributed by atoms with E-state index in [-0.39, 0.29) is 42.7 Å². The van der Waals surface area contributed by atoms with Gasteiger partial charge in [0.2, 0.25) is 16.3 Å². The second kappa shape index (κ2) is 11.9. The first-order valence-electron chi connectivity index (χ1n) is 12.2. The van der Waals surface area contributed by atoms with E-state index in [1.165, 1.54) is 43.5 Å². The van der Waals surface area contributed by atoms with Gasteiger partial charge in [0.15, 0.2) is 5.76 Å². The van der Waals surface area contributed by atoms with Gasteiger partial charge >= 0.3 is 6.18 Å². The molecular formula is C26H29F3N2O7S. The normalized spacial score (nSPS) is 19.4. The Morgan fingerprint density at radius 2 is 1.77 bits per heavy atom. The highest BCUT2D eigenvalue weighted by atomic mass is 32.2. The van der Waals surface area contributed by atoms with E-state index < -0.39 is 40.6 Å². The van der Waals surface area contributed by atoms with E-state index in [0.717, 1.165) is 16.4 Å². The quantitative estimate of drug-likeness (QED) is 0.414. The van der Waals surface area contributed by atoms with Gasteiger partial charge in [-0.15, -0.1) is 0 Å². The smallest absolute Gasteiger partial charge is 0.416 e. The molecule has 0 spiro atoms. The average molecular weight is 571 g/mol. The number of aliphatic hydroxyl groups is 1. The molecule has 2 atom stereocenters. The average Bonchev–Trinajstić information content (AvgIpc) is 3.77. The first-order chi connectivity index (χ1) is 18.5. The molecule has 2 aliphatic rings. The summed E-state index contributed by atoms with van der Waals surface area (Å²) in [4.78, 5) is 14.2. The first kappa shape index (κ1) is 28.9. The number of nitrogens with zero attached hydrogens (tertiary/aromatic N) is 2. The largest absolute Gasteiger partial charge is 0.497 e. The Labute approximate surface area is 224 Å². The standard InChI is InChI=1S/C26H29F3N2O7S/c1-36-21-6-8-22(9-7-21)39(34,35)31(12-14-32)13-15-37-24-17-19(16-23(38-24)25(33)30-10-11-30)18-2-4-20(5-3-18)26(27,28)29/h2-9,16,19,24,32H,10-15,17H2,1H3/t19-,24+/m1/s1. The van der Waals surface area contributed by atoms with Crippen LogP contribution in [0.4, 0.5) is 13.2 Å². The Morgan fingerprint density at radius 3 is 2.33 bits per heavy atom. The van der Waals surface area contributed by atoms with Crippen LogP contribution < -0.4 is 4.74 Å². The maximum absolute atomic E-state index is 13.1. The lowest BCUT2D eigenvalue weighted by Gasteiger charge is -2.30. The van der Waals surface area contributed by atoms with Crippen molar-refractivity contribution in [3.63, 3.8) is 0 Å². The summed E-state index contributed by atoms with van der Waals surface area (Å²) in [6, 6.07) is 10.5. The fraction of sp³-hybridized carbons (Fsp3) is 0.423. The minimum atomic E-state index is -4.47. The van der Waals surface area contributed by atoms with Crippen molar-refractivity contribution in [1.82, 2.24) is 9.21 Å². The van der Waals surface area contributed by atoms with E-state index in [2.05, 4.69) is 0 Å². The van der Waals surface area contributed by atoms with Crippen molar-refractivity contribution in [2.45, 2.75) is 29.7 Å². The molecule has 0 aliphatic carbocycles. The van der Waals surface area contributed by atoms with Crippen LogP contribution in [-0.4, -0.2) is 81.4 Å². The number of benzene rings is 2. The third-order valence-electron chi connectivity index (χ3n) is 6.36. The number of methoxy groups -OCH3 is 1. The number of halogens is 3. The summed E-state index contributed by atoms with van der Waals surface area (Å²) < 4.78 is 82.9. The summed E-state index contributed by atoms with van der Waals surface area (Å²) in [5.74, 6) is -0.276. The topological polar surface area (TPSA) is 105 Å². The Balaban J connectivity index is 1.45. The zero-order chi connectivity index (χ0) is 28.2. The number of hydrogen-bond donors (Lipinski definition) is 1. The van der Waals surface area contributed by atoms with Gasteiger partial charge in [0.05, 0.1) is 30.8 Å². The molecule has 39 heavy (non-hydrogen) atoms. The van der Waals surface area contributed by atoms with E-state index in [0.29, 0.717) is 24.4 Å². The number of rotatable bonds is 11. The molecule has 212 valence electrons. The molecule has 9 nitrogen and oxygen atoms in total. The number of carbonyl (C=O) groups excluding carboxylic acids is 1. The summed E-state index contributed by atoms with van der Waals surface area (Å²) in [7, 11) is -2.49. The van der Waals surface area contributed by atoms with Crippen LogP contribution in [0.25, 0.3) is 0 Å². The number of aliphatic hydroxyl groups excluding tert-OH is 1. The van der Waals surface area contributed by atoms with Crippen LogP contribution in [0.15, 0.2) is 65.3 Å². The van der Waals surface area contributed by atoms with Crippen LogP contribution in [0.2, 0.25) is 0 Å². The molecule has 1 saturated heterocycles. The van der Waals surface area contributed by atoms with Crippen molar-refractivity contribution < 1.29 is 45.7 Å². The molecule has 1 fully saturated rings. The number of ether oxygens (including phenoxy) is 3. The van der Waals surface area contributed by atoms with Crippen molar-refractivity contribution in [2.75, 3.05) is 46.5 Å². The molecule has 2 aliphatic heterocycles. The molecule has 0 bridgehead atoms. The highest BCUT2D eigenvalue weighted by Gasteiger charge is 2.35. The molecule has 4 rings (SSSR count). The van der Waals surface area contributed by atoms with Gasteiger partial charge < -0.3 is 24.2 Å². The Hall–Kier alpha value is -3.13. The fourth-order valence-electron chi connectivity index (χ4n) is 4.12. The first-order valence-corrected chi connectivity index (χ1v) is 13.7. The van der Waals surface area contributed by atoms with E-state index in [4.69, 9.17) is 14.2 Å². The van der Waals surface area contributed by atoms with E-state index in [1.54, 1.807) is 11.0 Å². The van der Waals surface area contributed by atoms with Crippen LogP contribution in [0.1, 0.15) is 23.5 Å². The van der Waals surface area contributed by atoms with E-state index in [1.807, 2.05) is 0 Å². The van der Waals surface area contributed by atoms with Crippen LogP contribution in [0.3, 0.4) is 0 Å². The Kier molecular flexibility index (Phi) is 8.84. The minimum Gasteiger partial charge on any atom is -0.497 e. The lowest BCUT2D eigenvalue weighted by Crippen LogP contribution is -2.37. The maximum Gasteiger partial charge on any atom is 0.416 e. The van der Waals surface area contributed by atoms with Gasteiger partial charge in [-0.1, -0.05) is 12.1 Å². The van der Waals surface area contributed by atoms with Gasteiger partial charge in [0.25, 0.3) is 5.91 Å². The second-order valence-electron chi connectivity index (χ2n) is 9.01. The zero-order valence-electron chi connectivity index (χ0n) is 21.1. The molecule has 13 heteroatoms. The summed E-state index contributed by atoms with van der Waals surface area (Å²) >= 11 is 0. The lowest BCUT2D eigenvalue weighted by atomic mass is 9.92. The van der Waals surface area contributed by atoms with Crippen molar-refractivity contribution >= 4 is 15.9 Å². The van der Waals surface area contributed by atoms with Gasteiger partial charge in [0.1, 0.15) is 5.75 Å². The molecule has 2 aromatic rings. The van der Waals surface area contributed by atoms with E-state index in [9.17, 15) is 31.5 Å². The molecular weight excluding hydrogens is 541 g/mol. The highest BCUT2D eigenvalue weighted by molar-refractivity contribution is 7.89. The summed E-state index contributed by atoms with van der Waals surface area (Å²) in [6.07, 6.45) is -3.63. The van der Waals surface area contributed by atoms with Crippen molar-refractivity contribution in [2.24, 2.45) is 0 Å². The number of carbonyl (C=O) groups is 1. The summed E-state index contributed by atoms with van der Waals surface area (Å²) in [6.45, 7) is 0.340. The monoisotopic (exact) mass is 570 g/mol. The Bertz CT molecular complexity index is 1280. The highest BCUT2D eigenvalue weighted by Crippen LogP contribution is 2.35. The van der Waals surface area contributed by atoms with Crippen molar-refractivity contribution in [1.29, 1.82) is 0 Å². The predicted octanol–water partition coefficient (Wildman–Crippen LogP) is 2.97. The Morgan fingerprint density at radius 1 is 1.10 bits per heavy atom. The van der Waals surface area contributed by atoms with Crippen molar-refractivity contribution in [3.05, 3.63) is 71.5 Å². The molecule has 0 aromatic heterocycles. The minimum absolute atomic E-state index is 0.0160. The summed E-state index contributed by atoms with van der Waals surface area (Å²) in [5.41, 5.74) is -0.225. The fourth-order valence-corrected chi connectivity index (χ4v) is 5.53. The molecule has 0 saturated carbocycles. The number of hydrogen-bond acceptors (Lipinski definition) is 7. The van der Waals surface area contributed by atoms with Gasteiger partial charge in [0, 0.05) is 38.5 Å². The maximum atomic E-state index is 13.1. The summed E-state index contributed by atoms with van der Waals surface area (Å²) in [5, 5.41) is 9.45. The predicted molar refractivity (Wildman–Crippen MR) is 133 cm³/mol. The van der Waals surface area contributed by atoms with Crippen molar-refractivity contribution in [3.8, 4) is 5.75 Å². The third-order valence-corrected chi connectivity index (χ3v) is 8.27. The molecule has 0 unspecified atom stereocenters. The van der Waals surface area contributed by atoms with Gasteiger partial charge in [-0.2, -0.15) is 17.5 Å².